The Bertz CT molecular complexity index is 307. The topological polar surface area (TPSA) is 12.0 Å². The van der Waals surface area contributed by atoms with Crippen molar-refractivity contribution in [3.8, 4) is 0 Å². The normalized spacial score (nSPS) is 27.6. The maximum atomic E-state index is 3.81. The van der Waals surface area contributed by atoms with Gasteiger partial charge in [-0.05, 0) is 54.5 Å². The fourth-order valence-electron chi connectivity index (χ4n) is 2.92. The summed E-state index contributed by atoms with van der Waals surface area (Å²) in [6, 6.07) is 3.50. The van der Waals surface area contributed by atoms with Crippen LogP contribution in [0.3, 0.4) is 0 Å². The van der Waals surface area contributed by atoms with Crippen LogP contribution < -0.4 is 5.32 Å². The van der Waals surface area contributed by atoms with Gasteiger partial charge in [-0.25, -0.2) is 0 Å². The van der Waals surface area contributed by atoms with E-state index in [1.54, 1.807) is 11.3 Å². The molecule has 1 saturated carbocycles. The van der Waals surface area contributed by atoms with Crippen molar-refractivity contribution in [3.63, 3.8) is 0 Å². The molecule has 1 heterocycles. The van der Waals surface area contributed by atoms with Gasteiger partial charge in [-0.1, -0.05) is 26.2 Å². The van der Waals surface area contributed by atoms with Crippen LogP contribution in [0.15, 0.2) is 16.8 Å². The van der Waals surface area contributed by atoms with E-state index in [1.165, 1.54) is 44.1 Å². The standard InChI is InChI=1S/C15H25NS/c1-3-13-5-4-6-15(8-7-13)16-12(2)14-9-10-17-11-14/h9-13,15-16H,3-8H2,1-2H3. The summed E-state index contributed by atoms with van der Waals surface area (Å²) in [4.78, 5) is 0. The van der Waals surface area contributed by atoms with Crippen molar-refractivity contribution in [2.24, 2.45) is 5.92 Å². The molecule has 1 aliphatic carbocycles. The first-order valence-corrected chi connectivity index (χ1v) is 8.02. The van der Waals surface area contributed by atoms with Crippen LogP contribution in [0, 0.1) is 5.92 Å². The second-order valence-electron chi connectivity index (χ2n) is 5.42. The van der Waals surface area contributed by atoms with Crippen LogP contribution in [0.5, 0.6) is 0 Å². The van der Waals surface area contributed by atoms with Gasteiger partial charge >= 0.3 is 0 Å². The highest BCUT2D eigenvalue weighted by Gasteiger charge is 2.19. The van der Waals surface area contributed by atoms with E-state index in [0.717, 1.165) is 12.0 Å². The maximum Gasteiger partial charge on any atom is 0.0302 e. The molecule has 1 aromatic rings. The van der Waals surface area contributed by atoms with Gasteiger partial charge in [-0.3, -0.25) is 0 Å². The molecule has 96 valence electrons. The second-order valence-corrected chi connectivity index (χ2v) is 6.20. The van der Waals surface area contributed by atoms with Gasteiger partial charge in [0.1, 0.15) is 0 Å². The molecule has 2 rings (SSSR count). The predicted octanol–water partition coefficient (Wildman–Crippen LogP) is 4.76. The summed E-state index contributed by atoms with van der Waals surface area (Å²) in [5, 5.41) is 8.25. The van der Waals surface area contributed by atoms with Crippen LogP contribution in [-0.4, -0.2) is 6.04 Å². The summed E-state index contributed by atoms with van der Waals surface area (Å²) in [6.07, 6.45) is 8.38. The third-order valence-corrected chi connectivity index (χ3v) is 4.90. The molecule has 1 fully saturated rings. The molecular formula is C15H25NS. The second kappa shape index (κ2) is 6.55. The van der Waals surface area contributed by atoms with Gasteiger partial charge < -0.3 is 5.32 Å². The fourth-order valence-corrected chi connectivity index (χ4v) is 3.68. The lowest BCUT2D eigenvalue weighted by Gasteiger charge is -2.21. The number of rotatable bonds is 4. The number of hydrogen-bond donors (Lipinski definition) is 1. The molecule has 1 aliphatic rings. The minimum absolute atomic E-state index is 0.518. The molecule has 1 N–H and O–H groups in total. The Hall–Kier alpha value is -0.340. The molecule has 2 heteroatoms. The average Bonchev–Trinajstić information content (AvgIpc) is 2.78. The van der Waals surface area contributed by atoms with Crippen LogP contribution >= 0.6 is 11.3 Å². The van der Waals surface area contributed by atoms with Crippen LogP contribution in [0.2, 0.25) is 0 Å². The van der Waals surface area contributed by atoms with Crippen molar-refractivity contribution >= 4 is 11.3 Å². The molecule has 0 bridgehead atoms. The van der Waals surface area contributed by atoms with E-state index in [9.17, 15) is 0 Å². The van der Waals surface area contributed by atoms with Crippen LogP contribution in [-0.2, 0) is 0 Å². The number of thiophene rings is 1. The summed E-state index contributed by atoms with van der Waals surface area (Å²) < 4.78 is 0. The molecule has 0 aromatic carbocycles. The van der Waals surface area contributed by atoms with Crippen molar-refractivity contribution in [1.82, 2.24) is 5.32 Å². The molecule has 0 spiro atoms. The highest BCUT2D eigenvalue weighted by molar-refractivity contribution is 7.07. The lowest BCUT2D eigenvalue weighted by Crippen LogP contribution is -2.30. The van der Waals surface area contributed by atoms with E-state index in [-0.39, 0.29) is 0 Å². The molecule has 0 aliphatic heterocycles. The Morgan fingerprint density at radius 3 is 2.94 bits per heavy atom. The van der Waals surface area contributed by atoms with E-state index in [2.05, 4.69) is 36.0 Å². The number of hydrogen-bond acceptors (Lipinski definition) is 2. The Morgan fingerprint density at radius 1 is 1.35 bits per heavy atom. The van der Waals surface area contributed by atoms with Gasteiger partial charge in [-0.2, -0.15) is 11.3 Å². The Balaban J connectivity index is 1.82. The highest BCUT2D eigenvalue weighted by Crippen LogP contribution is 2.27. The Labute approximate surface area is 110 Å². The van der Waals surface area contributed by atoms with Crippen molar-refractivity contribution in [2.75, 3.05) is 0 Å². The molecule has 1 nitrogen and oxygen atoms in total. The zero-order valence-corrected chi connectivity index (χ0v) is 11.9. The first kappa shape index (κ1) is 13.1. The van der Waals surface area contributed by atoms with Crippen molar-refractivity contribution in [1.29, 1.82) is 0 Å². The largest absolute Gasteiger partial charge is 0.307 e. The summed E-state index contributed by atoms with van der Waals surface area (Å²) in [6.45, 7) is 4.64. The maximum absolute atomic E-state index is 3.81. The van der Waals surface area contributed by atoms with Gasteiger partial charge in [0.25, 0.3) is 0 Å². The minimum Gasteiger partial charge on any atom is -0.307 e. The highest BCUT2D eigenvalue weighted by atomic mass is 32.1. The quantitative estimate of drug-likeness (QED) is 0.761. The van der Waals surface area contributed by atoms with Gasteiger partial charge in [0.15, 0.2) is 0 Å². The third kappa shape index (κ3) is 3.82. The van der Waals surface area contributed by atoms with Gasteiger partial charge in [0.2, 0.25) is 0 Å². The molecule has 3 atom stereocenters. The van der Waals surface area contributed by atoms with Crippen molar-refractivity contribution in [3.05, 3.63) is 22.4 Å². The van der Waals surface area contributed by atoms with E-state index in [1.807, 2.05) is 0 Å². The molecular weight excluding hydrogens is 226 g/mol. The average molecular weight is 251 g/mol. The molecule has 0 saturated heterocycles. The summed E-state index contributed by atoms with van der Waals surface area (Å²) in [5.74, 6) is 0.984. The fraction of sp³-hybridized carbons (Fsp3) is 0.733. The Kier molecular flexibility index (Phi) is 5.05. The summed E-state index contributed by atoms with van der Waals surface area (Å²) >= 11 is 1.80. The smallest absolute Gasteiger partial charge is 0.0302 e. The minimum atomic E-state index is 0.518. The van der Waals surface area contributed by atoms with Gasteiger partial charge in [-0.15, -0.1) is 0 Å². The first-order chi connectivity index (χ1) is 8.29. The Morgan fingerprint density at radius 2 is 2.24 bits per heavy atom. The molecule has 17 heavy (non-hydrogen) atoms. The van der Waals surface area contributed by atoms with Crippen LogP contribution in [0.25, 0.3) is 0 Å². The van der Waals surface area contributed by atoms with Crippen molar-refractivity contribution in [2.45, 2.75) is 64.5 Å². The molecule has 1 aromatic heterocycles. The molecule has 0 amide bonds. The third-order valence-electron chi connectivity index (χ3n) is 4.19. The van der Waals surface area contributed by atoms with E-state index >= 15 is 0 Å². The van der Waals surface area contributed by atoms with E-state index in [4.69, 9.17) is 0 Å². The number of nitrogens with one attached hydrogen (secondary N) is 1. The van der Waals surface area contributed by atoms with E-state index in [0.29, 0.717) is 6.04 Å². The molecule has 0 radical (unpaired) electrons. The zero-order valence-electron chi connectivity index (χ0n) is 11.1. The first-order valence-electron chi connectivity index (χ1n) is 7.07. The summed E-state index contributed by atoms with van der Waals surface area (Å²) in [5.41, 5.74) is 1.45. The SMILES string of the molecule is CCC1CCCC(NC(C)c2ccsc2)CC1. The van der Waals surface area contributed by atoms with Gasteiger partial charge in [0.05, 0.1) is 0 Å². The lowest BCUT2D eigenvalue weighted by atomic mass is 9.97. The zero-order chi connectivity index (χ0) is 12.1. The van der Waals surface area contributed by atoms with Crippen molar-refractivity contribution < 1.29 is 0 Å². The monoisotopic (exact) mass is 251 g/mol. The van der Waals surface area contributed by atoms with Crippen LogP contribution in [0.4, 0.5) is 0 Å². The van der Waals surface area contributed by atoms with Gasteiger partial charge in [0, 0.05) is 12.1 Å². The predicted molar refractivity (Wildman–Crippen MR) is 76.5 cm³/mol. The molecule has 3 unspecified atom stereocenters. The lowest BCUT2D eigenvalue weighted by molar-refractivity contribution is 0.400. The van der Waals surface area contributed by atoms with Crippen LogP contribution in [0.1, 0.15) is 64.0 Å². The van der Waals surface area contributed by atoms with E-state index < -0.39 is 0 Å². The summed E-state index contributed by atoms with van der Waals surface area (Å²) in [7, 11) is 0.